The number of nitrogens with one attached hydrogen (secondary N) is 1. The SMILES string of the molecule is CCc1nnsc1C(=O)N1CCOC[C@H](Cc2cc(=O)[nH]cn2)C1. The van der Waals surface area contributed by atoms with Crippen molar-refractivity contribution >= 4 is 17.4 Å². The number of aromatic nitrogens is 4. The Morgan fingerprint density at radius 3 is 3.21 bits per heavy atom. The minimum Gasteiger partial charge on any atom is -0.379 e. The van der Waals surface area contributed by atoms with Crippen LogP contribution in [0.25, 0.3) is 0 Å². The molecule has 1 fully saturated rings. The van der Waals surface area contributed by atoms with E-state index in [0.717, 1.165) is 17.2 Å². The van der Waals surface area contributed by atoms with Crippen molar-refractivity contribution in [3.63, 3.8) is 0 Å². The predicted octanol–water partition coefficient (Wildman–Crippen LogP) is 0.515. The molecule has 0 aliphatic carbocycles. The van der Waals surface area contributed by atoms with E-state index in [0.29, 0.717) is 49.7 Å². The molecule has 0 saturated carbocycles. The highest BCUT2D eigenvalue weighted by Crippen LogP contribution is 2.18. The van der Waals surface area contributed by atoms with E-state index in [9.17, 15) is 9.59 Å². The Labute approximate surface area is 143 Å². The van der Waals surface area contributed by atoms with Crippen molar-refractivity contribution in [2.45, 2.75) is 19.8 Å². The predicted molar refractivity (Wildman–Crippen MR) is 88.1 cm³/mol. The normalized spacial score (nSPS) is 18.4. The summed E-state index contributed by atoms with van der Waals surface area (Å²) in [5, 5.41) is 4.01. The minimum absolute atomic E-state index is 0.0452. The van der Waals surface area contributed by atoms with Gasteiger partial charge >= 0.3 is 0 Å². The summed E-state index contributed by atoms with van der Waals surface area (Å²) in [6.07, 6.45) is 2.67. The third-order valence-electron chi connectivity index (χ3n) is 3.94. The van der Waals surface area contributed by atoms with Crippen LogP contribution in [-0.2, 0) is 17.6 Å². The zero-order valence-corrected chi connectivity index (χ0v) is 14.2. The fraction of sp³-hybridized carbons (Fsp3) is 0.533. The minimum atomic E-state index is -0.175. The van der Waals surface area contributed by atoms with Gasteiger partial charge in [0.15, 0.2) is 0 Å². The number of hydrogen-bond acceptors (Lipinski definition) is 7. The van der Waals surface area contributed by atoms with Gasteiger partial charge in [0, 0.05) is 30.8 Å². The maximum absolute atomic E-state index is 12.8. The highest BCUT2D eigenvalue weighted by atomic mass is 32.1. The van der Waals surface area contributed by atoms with Crippen LogP contribution in [-0.4, -0.2) is 56.7 Å². The van der Waals surface area contributed by atoms with E-state index in [2.05, 4.69) is 19.6 Å². The molecule has 0 bridgehead atoms. The molecule has 24 heavy (non-hydrogen) atoms. The largest absolute Gasteiger partial charge is 0.379 e. The molecule has 2 aromatic heterocycles. The van der Waals surface area contributed by atoms with Crippen LogP contribution < -0.4 is 5.56 Å². The number of H-pyrrole nitrogens is 1. The molecular formula is C15H19N5O3S. The summed E-state index contributed by atoms with van der Waals surface area (Å²) in [7, 11) is 0. The zero-order chi connectivity index (χ0) is 16.9. The number of ether oxygens (including phenoxy) is 1. The molecule has 0 aromatic carbocycles. The Bertz CT molecular complexity index is 759. The zero-order valence-electron chi connectivity index (χ0n) is 13.4. The van der Waals surface area contributed by atoms with Crippen molar-refractivity contribution in [2.75, 3.05) is 26.3 Å². The summed E-state index contributed by atoms with van der Waals surface area (Å²) in [5.74, 6) is 0.0490. The molecule has 1 amide bonds. The van der Waals surface area contributed by atoms with Crippen molar-refractivity contribution in [3.05, 3.63) is 39.0 Å². The molecule has 3 rings (SSSR count). The van der Waals surface area contributed by atoms with E-state index >= 15 is 0 Å². The van der Waals surface area contributed by atoms with E-state index in [1.807, 2.05) is 6.92 Å². The average molecular weight is 349 g/mol. The standard InChI is InChI=1S/C15H19N5O3S/c1-2-12-14(24-19-18-12)15(22)20-3-4-23-8-10(7-20)5-11-6-13(21)17-9-16-11/h6,9-10H,2-5,7-8H2,1H3,(H,16,17,21)/t10-/m1/s1. The van der Waals surface area contributed by atoms with Crippen LogP contribution in [0.5, 0.6) is 0 Å². The molecule has 2 aromatic rings. The van der Waals surface area contributed by atoms with Gasteiger partial charge < -0.3 is 14.6 Å². The quantitative estimate of drug-likeness (QED) is 0.863. The van der Waals surface area contributed by atoms with Gasteiger partial charge in [-0.15, -0.1) is 5.10 Å². The molecule has 0 unspecified atom stereocenters. The Balaban J connectivity index is 1.72. The van der Waals surface area contributed by atoms with Crippen LogP contribution in [0.15, 0.2) is 17.2 Å². The fourth-order valence-corrected chi connectivity index (χ4v) is 3.47. The second-order valence-electron chi connectivity index (χ2n) is 5.70. The van der Waals surface area contributed by atoms with Crippen LogP contribution in [0.3, 0.4) is 0 Å². The summed E-state index contributed by atoms with van der Waals surface area (Å²) >= 11 is 1.14. The lowest BCUT2D eigenvalue weighted by atomic mass is 10.0. The molecule has 0 spiro atoms. The van der Waals surface area contributed by atoms with E-state index in [1.165, 1.54) is 12.4 Å². The number of amides is 1. The second-order valence-corrected chi connectivity index (χ2v) is 6.46. The van der Waals surface area contributed by atoms with Gasteiger partial charge in [-0.05, 0) is 24.4 Å². The van der Waals surface area contributed by atoms with Crippen LogP contribution in [0, 0.1) is 5.92 Å². The summed E-state index contributed by atoms with van der Waals surface area (Å²) in [5.41, 5.74) is 1.27. The first-order valence-electron chi connectivity index (χ1n) is 7.89. The lowest BCUT2D eigenvalue weighted by molar-refractivity contribution is 0.0741. The van der Waals surface area contributed by atoms with Crippen LogP contribution >= 0.6 is 11.5 Å². The van der Waals surface area contributed by atoms with Crippen molar-refractivity contribution in [2.24, 2.45) is 5.92 Å². The molecule has 9 heteroatoms. The number of aryl methyl sites for hydroxylation is 1. The lowest BCUT2D eigenvalue weighted by Crippen LogP contribution is -2.36. The Morgan fingerprint density at radius 2 is 2.42 bits per heavy atom. The fourth-order valence-electron chi connectivity index (χ4n) is 2.75. The van der Waals surface area contributed by atoms with Gasteiger partial charge in [-0.1, -0.05) is 11.4 Å². The average Bonchev–Trinajstić information content (AvgIpc) is 2.93. The van der Waals surface area contributed by atoms with E-state index in [1.54, 1.807) is 4.90 Å². The van der Waals surface area contributed by atoms with Gasteiger partial charge in [0.1, 0.15) is 4.88 Å². The van der Waals surface area contributed by atoms with E-state index in [-0.39, 0.29) is 17.4 Å². The van der Waals surface area contributed by atoms with E-state index in [4.69, 9.17) is 4.74 Å². The van der Waals surface area contributed by atoms with Crippen molar-refractivity contribution in [1.29, 1.82) is 0 Å². The molecule has 0 radical (unpaired) electrons. The van der Waals surface area contributed by atoms with Gasteiger partial charge in [-0.3, -0.25) is 9.59 Å². The maximum atomic E-state index is 12.8. The first kappa shape index (κ1) is 16.7. The van der Waals surface area contributed by atoms with Crippen LogP contribution in [0.2, 0.25) is 0 Å². The molecule has 1 aliphatic heterocycles. The van der Waals surface area contributed by atoms with Gasteiger partial charge in [0.2, 0.25) is 0 Å². The molecule has 1 saturated heterocycles. The molecule has 1 aliphatic rings. The van der Waals surface area contributed by atoms with Gasteiger partial charge in [0.05, 0.1) is 25.2 Å². The monoisotopic (exact) mass is 349 g/mol. The molecule has 3 heterocycles. The summed E-state index contributed by atoms with van der Waals surface area (Å²) < 4.78 is 9.52. The number of nitrogens with zero attached hydrogens (tertiary/aromatic N) is 4. The van der Waals surface area contributed by atoms with Crippen molar-refractivity contribution < 1.29 is 9.53 Å². The Kier molecular flexibility index (Phi) is 5.31. The first-order valence-corrected chi connectivity index (χ1v) is 8.66. The lowest BCUT2D eigenvalue weighted by Gasteiger charge is -2.23. The van der Waals surface area contributed by atoms with Crippen molar-refractivity contribution in [3.8, 4) is 0 Å². The number of carbonyl (C=O) groups is 1. The number of hydrogen-bond donors (Lipinski definition) is 1. The molecule has 8 nitrogen and oxygen atoms in total. The third-order valence-corrected chi connectivity index (χ3v) is 4.70. The Morgan fingerprint density at radius 1 is 1.54 bits per heavy atom. The summed E-state index contributed by atoms with van der Waals surface area (Å²) in [4.78, 5) is 33.2. The van der Waals surface area contributed by atoms with Gasteiger partial charge in [0.25, 0.3) is 11.5 Å². The molecule has 1 N–H and O–H groups in total. The number of aromatic amines is 1. The van der Waals surface area contributed by atoms with Crippen LogP contribution in [0.1, 0.15) is 28.0 Å². The second kappa shape index (κ2) is 7.63. The third kappa shape index (κ3) is 3.85. The highest BCUT2D eigenvalue weighted by Gasteiger charge is 2.26. The molecule has 128 valence electrons. The highest BCUT2D eigenvalue weighted by molar-refractivity contribution is 7.08. The van der Waals surface area contributed by atoms with Crippen LogP contribution in [0.4, 0.5) is 0 Å². The topological polar surface area (TPSA) is 101 Å². The Hall–Kier alpha value is -2.13. The molecule has 1 atom stereocenters. The van der Waals surface area contributed by atoms with Crippen molar-refractivity contribution in [1.82, 2.24) is 24.5 Å². The van der Waals surface area contributed by atoms with E-state index < -0.39 is 0 Å². The first-order chi connectivity index (χ1) is 11.7. The number of carbonyl (C=O) groups excluding carboxylic acids is 1. The summed E-state index contributed by atoms with van der Waals surface area (Å²) in [6, 6.07) is 1.49. The molecular weight excluding hydrogens is 330 g/mol. The van der Waals surface area contributed by atoms with Gasteiger partial charge in [-0.2, -0.15) is 0 Å². The maximum Gasteiger partial charge on any atom is 0.267 e. The number of rotatable bonds is 4. The van der Waals surface area contributed by atoms with Gasteiger partial charge in [-0.25, -0.2) is 4.98 Å². The summed E-state index contributed by atoms with van der Waals surface area (Å²) in [6.45, 7) is 4.10. The smallest absolute Gasteiger partial charge is 0.267 e.